The average molecular weight is 629 g/mol. The summed E-state index contributed by atoms with van der Waals surface area (Å²) in [6, 6.07) is 23.8. The van der Waals surface area contributed by atoms with Crippen LogP contribution in [0.2, 0.25) is 0 Å². The molecule has 220 valence electrons. The Morgan fingerprint density at radius 3 is 1.23 bits per heavy atom. The molecule has 0 aromatic heterocycles. The first-order chi connectivity index (χ1) is 20.9. The van der Waals surface area contributed by atoms with Crippen molar-refractivity contribution in [2.24, 2.45) is 20.5 Å². The van der Waals surface area contributed by atoms with Crippen molar-refractivity contribution in [2.75, 3.05) is 0 Å². The fourth-order valence-electron chi connectivity index (χ4n) is 4.90. The van der Waals surface area contributed by atoms with Crippen LogP contribution in [0, 0.1) is 0 Å². The Morgan fingerprint density at radius 1 is 0.455 bits per heavy atom. The first kappa shape index (κ1) is 28.8. The van der Waals surface area contributed by atoms with Crippen LogP contribution >= 0.6 is 0 Å². The van der Waals surface area contributed by atoms with E-state index in [4.69, 9.17) is 0 Å². The Bertz CT molecular complexity index is 2260. The molecule has 0 saturated carbocycles. The van der Waals surface area contributed by atoms with E-state index in [0.717, 1.165) is 0 Å². The minimum atomic E-state index is -4.52. The van der Waals surface area contributed by atoms with Crippen molar-refractivity contribution in [1.29, 1.82) is 0 Å². The lowest BCUT2D eigenvalue weighted by atomic mass is 10.1. The van der Waals surface area contributed by atoms with E-state index in [-0.39, 0.29) is 60.2 Å². The van der Waals surface area contributed by atoms with Gasteiger partial charge in [-0.05, 0) is 41.8 Å². The molecule has 4 N–H and O–H groups in total. The van der Waals surface area contributed by atoms with Crippen molar-refractivity contribution in [3.05, 3.63) is 97.1 Å². The molecule has 0 aliphatic rings. The fraction of sp³-hybridized carbons (Fsp3) is 0. The van der Waals surface area contributed by atoms with Crippen LogP contribution in [0.4, 0.5) is 22.7 Å². The molecule has 6 rings (SSSR count). The maximum atomic E-state index is 11.9. The first-order valence-corrected chi connectivity index (χ1v) is 15.6. The van der Waals surface area contributed by atoms with Gasteiger partial charge in [-0.25, -0.2) is 0 Å². The molecule has 12 nitrogen and oxygen atoms in total. The second kappa shape index (κ2) is 10.8. The van der Waals surface area contributed by atoms with Crippen LogP contribution in [0.1, 0.15) is 0 Å². The normalized spacial score (nSPS) is 12.7. The smallest absolute Gasteiger partial charge is 0.295 e. The van der Waals surface area contributed by atoms with Crippen molar-refractivity contribution in [2.45, 2.75) is 9.79 Å². The lowest BCUT2D eigenvalue weighted by Gasteiger charge is -2.10. The van der Waals surface area contributed by atoms with Gasteiger partial charge in [0.2, 0.25) is 0 Å². The van der Waals surface area contributed by atoms with E-state index in [1.54, 1.807) is 48.5 Å². The number of rotatable bonds is 6. The van der Waals surface area contributed by atoms with Crippen molar-refractivity contribution < 1.29 is 36.2 Å². The Labute approximate surface area is 249 Å². The lowest BCUT2D eigenvalue weighted by molar-refractivity contribution is 0.475. The highest BCUT2D eigenvalue weighted by Gasteiger charge is 2.19. The van der Waals surface area contributed by atoms with E-state index in [9.17, 15) is 36.2 Å². The molecule has 0 aliphatic carbocycles. The molecule has 0 bridgehead atoms. The number of phenols is 2. The van der Waals surface area contributed by atoms with Crippen molar-refractivity contribution in [3.8, 4) is 11.5 Å². The molecule has 0 unspecified atom stereocenters. The van der Waals surface area contributed by atoms with E-state index in [0.29, 0.717) is 16.2 Å². The van der Waals surface area contributed by atoms with Crippen molar-refractivity contribution in [1.82, 2.24) is 0 Å². The molecule has 0 amide bonds. The summed E-state index contributed by atoms with van der Waals surface area (Å²) in [7, 11) is -9.03. The van der Waals surface area contributed by atoms with Crippen LogP contribution in [0.5, 0.6) is 11.5 Å². The van der Waals surface area contributed by atoms with Crippen LogP contribution in [0.15, 0.2) is 127 Å². The zero-order valence-electron chi connectivity index (χ0n) is 22.3. The van der Waals surface area contributed by atoms with Gasteiger partial charge in [0.1, 0.15) is 32.7 Å². The summed E-state index contributed by atoms with van der Waals surface area (Å²) >= 11 is 0. The third kappa shape index (κ3) is 5.22. The number of fused-ring (bicyclic) bond motifs is 3. The number of azo groups is 2. The molecular weight excluding hydrogens is 608 g/mol. The second-order valence-electron chi connectivity index (χ2n) is 9.57. The van der Waals surface area contributed by atoms with Gasteiger partial charge in [-0.3, -0.25) is 9.11 Å². The summed E-state index contributed by atoms with van der Waals surface area (Å²) < 4.78 is 66.8. The zero-order valence-corrected chi connectivity index (χ0v) is 23.9. The fourth-order valence-corrected chi connectivity index (χ4v) is 6.30. The molecule has 0 spiro atoms. The Kier molecular flexibility index (Phi) is 7.05. The number of phenolic OH excluding ortho intramolecular Hbond substituents is 2. The van der Waals surface area contributed by atoms with Gasteiger partial charge < -0.3 is 10.2 Å². The SMILES string of the molecule is O=S(=O)(O)c1ccc(N=Nc2c(O)ccc3ccc(O)c(N=Nc4ccc(S(=O)(=O)O)c5ccccc45)c23)c2ccccc12. The molecule has 0 heterocycles. The molecule has 0 fully saturated rings. The van der Waals surface area contributed by atoms with Crippen LogP contribution in [0.25, 0.3) is 32.3 Å². The zero-order chi connectivity index (χ0) is 31.2. The highest BCUT2D eigenvalue weighted by atomic mass is 32.2. The number of aromatic hydroxyl groups is 2. The monoisotopic (exact) mass is 628 g/mol. The summed E-state index contributed by atoms with van der Waals surface area (Å²) in [5, 5.41) is 40.5. The Balaban J connectivity index is 1.51. The predicted octanol–water partition coefficient (Wildman–Crippen LogP) is 7.88. The lowest BCUT2D eigenvalue weighted by Crippen LogP contribution is -1.98. The maximum absolute atomic E-state index is 11.9. The predicted molar refractivity (Wildman–Crippen MR) is 163 cm³/mol. The minimum absolute atomic E-state index is 0.0677. The van der Waals surface area contributed by atoms with Crippen molar-refractivity contribution >= 4 is 75.3 Å². The minimum Gasteiger partial charge on any atom is -0.506 e. The van der Waals surface area contributed by atoms with Gasteiger partial charge in [0, 0.05) is 26.9 Å². The topological polar surface area (TPSA) is 199 Å². The highest BCUT2D eigenvalue weighted by Crippen LogP contribution is 2.46. The highest BCUT2D eigenvalue weighted by molar-refractivity contribution is 7.86. The van der Waals surface area contributed by atoms with Crippen LogP contribution in [-0.2, 0) is 20.2 Å². The second-order valence-corrected chi connectivity index (χ2v) is 12.4. The van der Waals surface area contributed by atoms with E-state index in [1.165, 1.54) is 48.5 Å². The largest absolute Gasteiger partial charge is 0.506 e. The standard InChI is InChI=1S/C30H20N4O8S2/c35-24-13-9-17-10-14-25(36)30(34-32-23-12-16-27(44(40,41)42)21-8-4-2-6-19(21)23)28(17)29(24)33-31-22-11-15-26(43(37,38)39)20-7-3-1-5-18(20)22/h1-16,35-36H,(H,37,38,39)(H,40,41,42). The summed E-state index contributed by atoms with van der Waals surface area (Å²) in [5.74, 6) is -0.602. The van der Waals surface area contributed by atoms with Gasteiger partial charge in [-0.1, -0.05) is 60.7 Å². The summed E-state index contributed by atoms with van der Waals surface area (Å²) in [6.45, 7) is 0. The number of hydrogen-bond acceptors (Lipinski definition) is 10. The van der Waals surface area contributed by atoms with E-state index in [1.807, 2.05) is 0 Å². The van der Waals surface area contributed by atoms with E-state index in [2.05, 4.69) is 20.5 Å². The molecule has 0 radical (unpaired) electrons. The Morgan fingerprint density at radius 2 is 0.841 bits per heavy atom. The summed E-state index contributed by atoms with van der Waals surface area (Å²) in [5.41, 5.74) is 0.333. The molecule has 44 heavy (non-hydrogen) atoms. The molecule has 6 aromatic rings. The van der Waals surface area contributed by atoms with Crippen LogP contribution in [-0.4, -0.2) is 36.2 Å². The maximum Gasteiger partial charge on any atom is 0.295 e. The third-order valence-corrected chi connectivity index (χ3v) is 8.71. The van der Waals surface area contributed by atoms with Gasteiger partial charge in [0.05, 0.1) is 11.4 Å². The number of benzene rings is 6. The third-order valence-electron chi connectivity index (χ3n) is 6.88. The van der Waals surface area contributed by atoms with E-state index < -0.39 is 20.2 Å². The molecule has 0 saturated heterocycles. The molecule has 6 aromatic carbocycles. The quantitative estimate of drug-likeness (QED) is 0.105. The molecular formula is C30H20N4O8S2. The number of nitrogens with zero attached hydrogens (tertiary/aromatic N) is 4. The number of hydrogen-bond donors (Lipinski definition) is 4. The van der Waals surface area contributed by atoms with Gasteiger partial charge in [0.15, 0.2) is 0 Å². The first-order valence-electron chi connectivity index (χ1n) is 12.7. The van der Waals surface area contributed by atoms with Crippen LogP contribution < -0.4 is 0 Å². The van der Waals surface area contributed by atoms with Gasteiger partial charge in [-0.15, -0.1) is 20.5 Å². The molecule has 0 atom stereocenters. The van der Waals surface area contributed by atoms with Gasteiger partial charge >= 0.3 is 0 Å². The van der Waals surface area contributed by atoms with Crippen molar-refractivity contribution in [3.63, 3.8) is 0 Å². The van der Waals surface area contributed by atoms with E-state index >= 15 is 0 Å². The van der Waals surface area contributed by atoms with Gasteiger partial charge in [0.25, 0.3) is 20.2 Å². The van der Waals surface area contributed by atoms with Gasteiger partial charge in [-0.2, -0.15) is 16.8 Å². The molecule has 14 heteroatoms. The summed E-state index contributed by atoms with van der Waals surface area (Å²) in [6.07, 6.45) is 0. The Hall–Kier alpha value is -5.28. The molecule has 0 aliphatic heterocycles. The van der Waals surface area contributed by atoms with Crippen LogP contribution in [0.3, 0.4) is 0 Å². The average Bonchev–Trinajstić information content (AvgIpc) is 2.98. The summed E-state index contributed by atoms with van der Waals surface area (Å²) in [4.78, 5) is -0.602.